The summed E-state index contributed by atoms with van der Waals surface area (Å²) in [6.45, 7) is 0. The van der Waals surface area contributed by atoms with Crippen LogP contribution in [-0.2, 0) is 6.18 Å². The predicted octanol–water partition coefficient (Wildman–Crippen LogP) is 4.10. The van der Waals surface area contributed by atoms with Crippen LogP contribution in [0.25, 0.3) is 0 Å². The fourth-order valence-corrected chi connectivity index (χ4v) is 1.81. The second-order valence-electron chi connectivity index (χ2n) is 2.56. The van der Waals surface area contributed by atoms with E-state index in [1.54, 1.807) is 11.6 Å². The third kappa shape index (κ3) is 4.17. The summed E-state index contributed by atoms with van der Waals surface area (Å²) >= 11 is 2.42. The maximum absolute atomic E-state index is 12.3. The maximum Gasteiger partial charge on any atom is 0.416 e. The van der Waals surface area contributed by atoms with Crippen LogP contribution >= 0.6 is 23.7 Å². The highest BCUT2D eigenvalue weighted by Crippen LogP contribution is 2.31. The number of hydrogen-bond acceptors (Lipinski definition) is 3. The van der Waals surface area contributed by atoms with Crippen LogP contribution in [-0.4, -0.2) is 11.8 Å². The fourth-order valence-electron chi connectivity index (χ4n) is 0.855. The molecule has 0 N–H and O–H groups in total. The summed E-state index contributed by atoms with van der Waals surface area (Å²) in [4.78, 5) is 0.482. The summed E-state index contributed by atoms with van der Waals surface area (Å²) in [5.74, 6) is 0. The number of benzene rings is 1. The maximum atomic E-state index is 12.3. The largest absolute Gasteiger partial charge is 0.416 e. The van der Waals surface area contributed by atoms with Gasteiger partial charge in [-0.25, -0.2) is 4.40 Å². The molecule has 0 aliphatic carbocycles. The van der Waals surface area contributed by atoms with Gasteiger partial charge in [0.2, 0.25) is 0 Å². The van der Waals surface area contributed by atoms with Gasteiger partial charge in [0.1, 0.15) is 0 Å². The van der Waals surface area contributed by atoms with Crippen LogP contribution in [0, 0.1) is 0 Å². The van der Waals surface area contributed by atoms with E-state index in [2.05, 4.69) is 4.40 Å². The van der Waals surface area contributed by atoms with Crippen LogP contribution in [0.4, 0.5) is 13.2 Å². The van der Waals surface area contributed by atoms with Gasteiger partial charge in [-0.1, -0.05) is 6.07 Å². The molecule has 6 heteroatoms. The number of halogens is 3. The van der Waals surface area contributed by atoms with Crippen LogP contribution in [0.15, 0.2) is 33.6 Å². The number of thioether (sulfide) groups is 1. The van der Waals surface area contributed by atoms with Crippen molar-refractivity contribution >= 4 is 29.3 Å². The van der Waals surface area contributed by atoms with Crippen molar-refractivity contribution in [2.45, 2.75) is 11.1 Å². The minimum Gasteiger partial charge on any atom is -0.213 e. The smallest absolute Gasteiger partial charge is 0.213 e. The molecular formula is C9H8F3NS2. The van der Waals surface area contributed by atoms with E-state index >= 15 is 0 Å². The fraction of sp³-hybridized carbons (Fsp3) is 0.222. The molecule has 1 aromatic rings. The molecule has 0 radical (unpaired) electrons. The van der Waals surface area contributed by atoms with Gasteiger partial charge < -0.3 is 0 Å². The molecule has 1 rings (SSSR count). The molecule has 0 aliphatic heterocycles. The molecule has 0 spiro atoms. The molecule has 0 heterocycles. The molecule has 0 saturated heterocycles. The molecule has 1 aromatic carbocycles. The normalized spacial score (nSPS) is 12.3. The number of rotatable bonds is 3. The van der Waals surface area contributed by atoms with Gasteiger partial charge in [-0.3, -0.25) is 0 Å². The molecular weight excluding hydrogens is 243 g/mol. The average molecular weight is 251 g/mol. The van der Waals surface area contributed by atoms with Gasteiger partial charge in [0.05, 0.1) is 11.1 Å². The highest BCUT2D eigenvalue weighted by molar-refractivity contribution is 8.12. The van der Waals surface area contributed by atoms with Crippen LogP contribution in [0.1, 0.15) is 5.56 Å². The van der Waals surface area contributed by atoms with Crippen molar-refractivity contribution in [1.29, 1.82) is 0 Å². The van der Waals surface area contributed by atoms with Gasteiger partial charge in [0, 0.05) is 16.8 Å². The molecule has 0 fully saturated rings. The van der Waals surface area contributed by atoms with Crippen molar-refractivity contribution in [3.63, 3.8) is 0 Å². The zero-order chi connectivity index (χ0) is 11.3. The Kier molecular flexibility index (Phi) is 4.53. The molecule has 0 aliphatic rings. The quantitative estimate of drug-likeness (QED) is 0.455. The molecule has 0 unspecified atom stereocenters. The van der Waals surface area contributed by atoms with E-state index < -0.39 is 11.7 Å². The summed E-state index contributed by atoms with van der Waals surface area (Å²) in [7, 11) is 0. The standard InChI is InChI=1S/C9H8F3NS2/c1-14-6-13-15-8-4-2-3-7(5-8)9(10,11)12/h2-6H,1H3. The SMILES string of the molecule is CSC=NSc1cccc(C(F)(F)F)c1. The number of nitrogens with zero attached hydrogens (tertiary/aromatic N) is 1. The van der Waals surface area contributed by atoms with Gasteiger partial charge in [0.25, 0.3) is 0 Å². The Morgan fingerprint density at radius 2 is 2.07 bits per heavy atom. The van der Waals surface area contributed by atoms with Crippen LogP contribution in [0.5, 0.6) is 0 Å². The van der Waals surface area contributed by atoms with Crippen LogP contribution in [0.3, 0.4) is 0 Å². The zero-order valence-electron chi connectivity index (χ0n) is 7.78. The summed E-state index contributed by atoms with van der Waals surface area (Å²) in [6.07, 6.45) is -2.46. The zero-order valence-corrected chi connectivity index (χ0v) is 9.42. The molecule has 1 nitrogen and oxygen atoms in total. The van der Waals surface area contributed by atoms with E-state index in [1.807, 2.05) is 6.26 Å². The summed E-state index contributed by atoms with van der Waals surface area (Å²) < 4.78 is 40.8. The van der Waals surface area contributed by atoms with E-state index in [0.29, 0.717) is 4.90 Å². The van der Waals surface area contributed by atoms with E-state index in [9.17, 15) is 13.2 Å². The Balaban J connectivity index is 2.79. The van der Waals surface area contributed by atoms with Crippen molar-refractivity contribution < 1.29 is 13.2 Å². The van der Waals surface area contributed by atoms with Gasteiger partial charge in [-0.2, -0.15) is 13.2 Å². The highest BCUT2D eigenvalue weighted by Gasteiger charge is 2.30. The summed E-state index contributed by atoms with van der Waals surface area (Å²) in [6, 6.07) is 5.10. The Hall–Kier alpha value is -0.620. The Morgan fingerprint density at radius 3 is 2.67 bits per heavy atom. The third-order valence-corrected chi connectivity index (χ3v) is 2.59. The Bertz CT molecular complexity index is 349. The molecule has 0 aromatic heterocycles. The molecule has 82 valence electrons. The van der Waals surface area contributed by atoms with Crippen LogP contribution < -0.4 is 0 Å². The topological polar surface area (TPSA) is 12.4 Å². The lowest BCUT2D eigenvalue weighted by Gasteiger charge is -2.06. The first kappa shape index (κ1) is 12.4. The van der Waals surface area contributed by atoms with Crippen molar-refractivity contribution in [3.05, 3.63) is 29.8 Å². The van der Waals surface area contributed by atoms with Gasteiger partial charge in [0.15, 0.2) is 0 Å². The third-order valence-electron chi connectivity index (χ3n) is 1.47. The van der Waals surface area contributed by atoms with Crippen LogP contribution in [0.2, 0.25) is 0 Å². The minimum absolute atomic E-state index is 0.482. The van der Waals surface area contributed by atoms with Gasteiger partial charge in [-0.05, 0) is 24.5 Å². The first-order valence-corrected chi connectivity index (χ1v) is 5.99. The Labute approximate surface area is 94.3 Å². The first-order chi connectivity index (χ1) is 7.04. The number of alkyl halides is 3. The lowest BCUT2D eigenvalue weighted by Crippen LogP contribution is -2.04. The lowest BCUT2D eigenvalue weighted by molar-refractivity contribution is -0.137. The summed E-state index contributed by atoms with van der Waals surface area (Å²) in [5.41, 5.74) is 0.928. The molecule has 0 bridgehead atoms. The van der Waals surface area contributed by atoms with E-state index in [-0.39, 0.29) is 0 Å². The molecule has 0 atom stereocenters. The second kappa shape index (κ2) is 5.46. The second-order valence-corrected chi connectivity index (χ2v) is 4.11. The Morgan fingerprint density at radius 1 is 1.33 bits per heavy atom. The molecule has 0 amide bonds. The van der Waals surface area contributed by atoms with Crippen molar-refractivity contribution in [2.24, 2.45) is 4.40 Å². The van der Waals surface area contributed by atoms with E-state index in [0.717, 1.165) is 24.1 Å². The minimum atomic E-state index is -4.29. The monoisotopic (exact) mass is 251 g/mol. The van der Waals surface area contributed by atoms with E-state index in [4.69, 9.17) is 0 Å². The predicted molar refractivity (Wildman–Crippen MR) is 59.3 cm³/mol. The van der Waals surface area contributed by atoms with Gasteiger partial charge >= 0.3 is 6.18 Å². The summed E-state index contributed by atoms with van der Waals surface area (Å²) in [5, 5.41) is 0. The van der Waals surface area contributed by atoms with Gasteiger partial charge in [-0.15, -0.1) is 11.8 Å². The highest BCUT2D eigenvalue weighted by atomic mass is 32.2. The molecule has 15 heavy (non-hydrogen) atoms. The molecule has 0 saturated carbocycles. The number of hydrogen-bond donors (Lipinski definition) is 0. The van der Waals surface area contributed by atoms with Crippen molar-refractivity contribution in [2.75, 3.05) is 6.26 Å². The average Bonchev–Trinajstić information content (AvgIpc) is 2.17. The van der Waals surface area contributed by atoms with Crippen molar-refractivity contribution in [3.8, 4) is 0 Å². The lowest BCUT2D eigenvalue weighted by atomic mass is 10.2. The van der Waals surface area contributed by atoms with E-state index in [1.165, 1.54) is 17.8 Å². The first-order valence-electron chi connectivity index (χ1n) is 3.93. The van der Waals surface area contributed by atoms with Crippen molar-refractivity contribution in [1.82, 2.24) is 0 Å².